The minimum absolute atomic E-state index is 0.0277. The molecule has 6 rings (SSSR count). The van der Waals surface area contributed by atoms with Gasteiger partial charge in [0.15, 0.2) is 0 Å². The number of ether oxygens (including phenoxy) is 2. The third kappa shape index (κ3) is 8.35. The number of rotatable bonds is 14. The molecule has 2 amide bonds. The van der Waals surface area contributed by atoms with Crippen LogP contribution in [-0.2, 0) is 20.4 Å². The third-order valence-electron chi connectivity index (χ3n) is 10.2. The molecular formula is C43H46N6O5S. The molecule has 5 aromatic carbocycles. The van der Waals surface area contributed by atoms with Gasteiger partial charge in [0.05, 0.1) is 16.9 Å². The smallest absolute Gasteiger partial charge is 0.294 e. The molecule has 0 saturated heterocycles. The number of nitrogens with one attached hydrogen (secondary N) is 2. The summed E-state index contributed by atoms with van der Waals surface area (Å²) in [7, 11) is 1.42. The van der Waals surface area contributed by atoms with E-state index in [9.17, 15) is 14.7 Å². The molecule has 0 radical (unpaired) electrons. The molecule has 0 aliphatic heterocycles. The summed E-state index contributed by atoms with van der Waals surface area (Å²) in [6.07, 6.45) is 0.490. The van der Waals surface area contributed by atoms with Gasteiger partial charge in [0.1, 0.15) is 11.5 Å². The van der Waals surface area contributed by atoms with Crippen LogP contribution in [0.2, 0.25) is 0 Å². The molecule has 1 unspecified atom stereocenters. The fourth-order valence-corrected chi connectivity index (χ4v) is 7.08. The van der Waals surface area contributed by atoms with Crippen LogP contribution in [0.3, 0.4) is 0 Å². The average molecular weight is 759 g/mol. The van der Waals surface area contributed by atoms with Gasteiger partial charge >= 0.3 is 0 Å². The van der Waals surface area contributed by atoms with Crippen LogP contribution in [0.4, 0.5) is 11.4 Å². The van der Waals surface area contributed by atoms with Crippen molar-refractivity contribution >= 4 is 45.7 Å². The number of nitrogens with zero attached hydrogens (tertiary/aromatic N) is 4. The normalized spacial score (nSPS) is 12.3. The van der Waals surface area contributed by atoms with Crippen molar-refractivity contribution in [2.75, 3.05) is 17.7 Å². The molecular weight excluding hydrogens is 713 g/mol. The fourth-order valence-electron chi connectivity index (χ4n) is 6.07. The maximum Gasteiger partial charge on any atom is 0.294 e. The third-order valence-corrected chi connectivity index (χ3v) is 11.2. The number of aromatic nitrogens is 4. The average Bonchev–Trinajstić information content (AvgIpc) is 3.66. The number of hydrogen-bond acceptors (Lipinski definition) is 9. The molecule has 1 heterocycles. The van der Waals surface area contributed by atoms with Gasteiger partial charge in [-0.2, -0.15) is 4.68 Å². The zero-order valence-corrected chi connectivity index (χ0v) is 32.9. The molecule has 0 saturated carbocycles. The number of carbonyl (C=O) groups is 2. The topological polar surface area (TPSA) is 140 Å². The van der Waals surface area contributed by atoms with Crippen LogP contribution in [0.15, 0.2) is 113 Å². The Morgan fingerprint density at radius 3 is 2.22 bits per heavy atom. The molecule has 3 N–H and O–H groups in total. The molecule has 6 aromatic rings. The Morgan fingerprint density at radius 2 is 1.55 bits per heavy atom. The Morgan fingerprint density at radius 1 is 0.855 bits per heavy atom. The maximum absolute atomic E-state index is 14.1. The number of hydrogen-bond donors (Lipinski definition) is 3. The lowest BCUT2D eigenvalue weighted by molar-refractivity contribution is -0.142. The van der Waals surface area contributed by atoms with Crippen molar-refractivity contribution in [3.05, 3.63) is 120 Å². The lowest BCUT2D eigenvalue weighted by atomic mass is 9.76. The second-order valence-electron chi connectivity index (χ2n) is 14.5. The van der Waals surface area contributed by atoms with Gasteiger partial charge in [0.25, 0.3) is 18.1 Å². The molecule has 1 atom stereocenters. The monoisotopic (exact) mass is 758 g/mol. The highest BCUT2D eigenvalue weighted by Gasteiger charge is 2.30. The number of tetrazole rings is 1. The van der Waals surface area contributed by atoms with Crippen molar-refractivity contribution in [2.45, 2.75) is 81.6 Å². The number of para-hydroxylation sites is 2. The molecule has 55 heavy (non-hydrogen) atoms. The minimum Gasteiger partial charge on any atom is -0.506 e. The van der Waals surface area contributed by atoms with E-state index in [0.29, 0.717) is 37.9 Å². The first-order chi connectivity index (χ1) is 26.4. The highest BCUT2D eigenvalue weighted by molar-refractivity contribution is 7.99. The first kappa shape index (κ1) is 39.0. The second-order valence-corrected chi connectivity index (χ2v) is 15.5. The number of benzene rings is 5. The van der Waals surface area contributed by atoms with E-state index in [1.54, 1.807) is 53.2 Å². The fraction of sp³-hybridized carbons (Fsp3) is 0.279. The first-order valence-electron chi connectivity index (χ1n) is 18.2. The van der Waals surface area contributed by atoms with Crippen LogP contribution in [0.1, 0.15) is 75.9 Å². The number of anilines is 2. The SMILES string of the molecule is CCC(C)(C)c1ccc(OC(OC)C(=O)Nc2cccc3c(O)c(C(=O)Nc4ccccc4)cc(Sc4nnnn4-c4ccccc4)c23)c(C(C)(C)CC)c1. The number of aromatic hydroxyl groups is 1. The molecule has 11 nitrogen and oxygen atoms in total. The van der Waals surface area contributed by atoms with Crippen LogP contribution in [-0.4, -0.2) is 50.5 Å². The zero-order valence-electron chi connectivity index (χ0n) is 32.1. The van der Waals surface area contributed by atoms with Gasteiger partial charge in [-0.15, -0.1) is 5.10 Å². The van der Waals surface area contributed by atoms with E-state index in [0.717, 1.165) is 24.1 Å². The summed E-state index contributed by atoms with van der Waals surface area (Å²) >= 11 is 1.18. The first-order valence-corrected chi connectivity index (χ1v) is 19.0. The number of phenolic OH excluding ortho intramolecular Hbond substituents is 1. The highest BCUT2D eigenvalue weighted by atomic mass is 32.2. The van der Waals surface area contributed by atoms with E-state index in [1.165, 1.54) is 24.4 Å². The van der Waals surface area contributed by atoms with Gasteiger partial charge in [-0.3, -0.25) is 9.59 Å². The maximum atomic E-state index is 14.1. The molecule has 0 spiro atoms. The van der Waals surface area contributed by atoms with E-state index < -0.39 is 18.1 Å². The Balaban J connectivity index is 1.40. The standard InChI is InChI=1S/C43H46N6O5S/c1-8-42(3,4)27-23-24-34(32(25-27)43(5,6)9-2)54-40(53-7)39(52)45-33-22-16-21-30-36(33)35(55-41-46-47-48-49(41)29-19-14-11-15-20-29)26-31(37(30)50)38(51)44-28-17-12-10-13-18-28/h10-26,40,50H,8-9H2,1-7H3,(H,44,51)(H,45,52). The molecule has 0 bridgehead atoms. The van der Waals surface area contributed by atoms with Crippen LogP contribution >= 0.6 is 11.8 Å². The lowest BCUT2D eigenvalue weighted by Crippen LogP contribution is -2.35. The van der Waals surface area contributed by atoms with Crippen molar-refractivity contribution in [3.63, 3.8) is 0 Å². The summed E-state index contributed by atoms with van der Waals surface area (Å²) in [5, 5.41) is 31.1. The number of carbonyl (C=O) groups excluding carboxylic acids is 2. The van der Waals surface area contributed by atoms with Gasteiger partial charge in [-0.25, -0.2) is 0 Å². The summed E-state index contributed by atoms with van der Waals surface area (Å²) in [5.74, 6) is -0.786. The molecule has 0 aliphatic carbocycles. The second kappa shape index (κ2) is 16.3. The zero-order chi connectivity index (χ0) is 39.3. The van der Waals surface area contributed by atoms with Gasteiger partial charge < -0.3 is 25.2 Å². The Hall–Kier alpha value is -5.72. The van der Waals surface area contributed by atoms with Crippen molar-refractivity contribution in [1.82, 2.24) is 20.2 Å². The molecule has 1 aromatic heterocycles. The van der Waals surface area contributed by atoms with Crippen molar-refractivity contribution < 1.29 is 24.2 Å². The van der Waals surface area contributed by atoms with E-state index in [1.807, 2.05) is 48.5 Å². The van der Waals surface area contributed by atoms with Gasteiger partial charge in [0, 0.05) is 34.0 Å². The summed E-state index contributed by atoms with van der Waals surface area (Å²) < 4.78 is 13.6. The largest absolute Gasteiger partial charge is 0.506 e. The minimum atomic E-state index is -1.32. The summed E-state index contributed by atoms with van der Waals surface area (Å²) in [5.41, 5.74) is 3.55. The quantitative estimate of drug-likeness (QED) is 0.0928. The highest BCUT2D eigenvalue weighted by Crippen LogP contribution is 2.43. The Bertz CT molecular complexity index is 2310. The van der Waals surface area contributed by atoms with E-state index in [4.69, 9.17) is 9.47 Å². The number of phenols is 1. The van der Waals surface area contributed by atoms with Crippen molar-refractivity contribution in [1.29, 1.82) is 0 Å². The number of amides is 2. The van der Waals surface area contributed by atoms with Crippen molar-refractivity contribution in [2.24, 2.45) is 0 Å². The molecule has 284 valence electrons. The molecule has 0 fully saturated rings. The lowest BCUT2D eigenvalue weighted by Gasteiger charge is -2.31. The van der Waals surface area contributed by atoms with Gasteiger partial charge in [-0.1, -0.05) is 102 Å². The summed E-state index contributed by atoms with van der Waals surface area (Å²) in [6, 6.07) is 31.2. The number of methoxy groups -OCH3 is 1. The molecule has 0 aliphatic rings. The van der Waals surface area contributed by atoms with Gasteiger partial charge in [-0.05, 0) is 93.9 Å². The van der Waals surface area contributed by atoms with Crippen molar-refractivity contribution in [3.8, 4) is 17.2 Å². The predicted octanol–water partition coefficient (Wildman–Crippen LogP) is 9.29. The summed E-state index contributed by atoms with van der Waals surface area (Å²) in [4.78, 5) is 28.3. The van der Waals surface area contributed by atoms with Crippen LogP contribution in [0.5, 0.6) is 11.5 Å². The molecule has 12 heteroatoms. The van der Waals surface area contributed by atoms with Crippen LogP contribution in [0.25, 0.3) is 16.5 Å². The van der Waals surface area contributed by atoms with E-state index in [-0.39, 0.29) is 22.1 Å². The van der Waals surface area contributed by atoms with Gasteiger partial charge in [0.2, 0.25) is 5.16 Å². The van der Waals surface area contributed by atoms with Crippen LogP contribution in [0, 0.1) is 0 Å². The van der Waals surface area contributed by atoms with E-state index >= 15 is 0 Å². The van der Waals surface area contributed by atoms with Crippen LogP contribution < -0.4 is 15.4 Å². The summed E-state index contributed by atoms with van der Waals surface area (Å²) in [6.45, 7) is 13.0. The number of fused-ring (bicyclic) bond motifs is 1. The Labute approximate surface area is 325 Å². The van der Waals surface area contributed by atoms with E-state index in [2.05, 4.69) is 73.8 Å². The Kier molecular flexibility index (Phi) is 11.6. The predicted molar refractivity (Wildman–Crippen MR) is 216 cm³/mol.